The van der Waals surface area contributed by atoms with Gasteiger partial charge >= 0.3 is 0 Å². The summed E-state index contributed by atoms with van der Waals surface area (Å²) in [5.41, 5.74) is 1.24. The normalized spacial score (nSPS) is 18.1. The lowest BCUT2D eigenvalue weighted by Gasteiger charge is -2.36. The first-order valence-electron chi connectivity index (χ1n) is 8.72. The van der Waals surface area contributed by atoms with E-state index in [0.29, 0.717) is 6.54 Å². The summed E-state index contributed by atoms with van der Waals surface area (Å²) in [7, 11) is 2.01. The molecule has 1 aromatic heterocycles. The van der Waals surface area contributed by atoms with Gasteiger partial charge in [0.1, 0.15) is 0 Å². The first kappa shape index (κ1) is 16.7. The fourth-order valence-electron chi connectivity index (χ4n) is 3.42. The number of aromatic nitrogens is 2. The minimum atomic E-state index is 0.227. The van der Waals surface area contributed by atoms with E-state index in [0.717, 1.165) is 32.5 Å². The number of amides is 1. The van der Waals surface area contributed by atoms with Gasteiger partial charge in [-0.05, 0) is 37.9 Å². The van der Waals surface area contributed by atoms with Crippen LogP contribution in [0, 0.1) is 0 Å². The molecule has 0 spiro atoms. The second kappa shape index (κ2) is 8.11. The van der Waals surface area contributed by atoms with E-state index in [1.165, 1.54) is 12.0 Å². The predicted octanol–water partition coefficient (Wildman–Crippen LogP) is 2.40. The van der Waals surface area contributed by atoms with Crippen molar-refractivity contribution < 1.29 is 4.79 Å². The topological polar surface area (TPSA) is 41.4 Å². The van der Waals surface area contributed by atoms with Crippen LogP contribution in [0.4, 0.5) is 0 Å². The lowest BCUT2D eigenvalue weighted by atomic mass is 10.0. The van der Waals surface area contributed by atoms with Crippen LogP contribution in [0.2, 0.25) is 0 Å². The minimum absolute atomic E-state index is 0.227. The Hall–Kier alpha value is -2.14. The molecule has 2 heterocycles. The maximum absolute atomic E-state index is 12.8. The average molecular weight is 326 g/mol. The second-order valence-electron chi connectivity index (χ2n) is 6.62. The molecule has 128 valence electrons. The molecule has 0 bridgehead atoms. The monoisotopic (exact) mass is 326 g/mol. The lowest BCUT2D eigenvalue weighted by Crippen LogP contribution is -2.49. The summed E-state index contributed by atoms with van der Waals surface area (Å²) in [5, 5.41) is 4.29. The summed E-state index contributed by atoms with van der Waals surface area (Å²) in [6.45, 7) is 2.92. The molecular weight excluding hydrogens is 300 g/mol. The van der Waals surface area contributed by atoms with Crippen molar-refractivity contribution >= 4 is 5.91 Å². The molecule has 1 aromatic carbocycles. The van der Waals surface area contributed by atoms with E-state index in [1.54, 1.807) is 6.20 Å². The predicted molar refractivity (Wildman–Crippen MR) is 94.4 cm³/mol. The first-order chi connectivity index (χ1) is 11.7. The SMILES string of the molecule is CN(CC(=O)N1CCCC[C@H]1Cn1cccn1)Cc1ccccc1. The third-order valence-electron chi connectivity index (χ3n) is 4.60. The highest BCUT2D eigenvalue weighted by atomic mass is 16.2. The number of likely N-dealkylation sites (tertiary alicyclic amines) is 1. The summed E-state index contributed by atoms with van der Waals surface area (Å²) < 4.78 is 1.93. The summed E-state index contributed by atoms with van der Waals surface area (Å²) in [4.78, 5) is 16.9. The minimum Gasteiger partial charge on any atom is -0.337 e. The van der Waals surface area contributed by atoms with Crippen LogP contribution >= 0.6 is 0 Å². The van der Waals surface area contributed by atoms with Crippen molar-refractivity contribution in [2.75, 3.05) is 20.1 Å². The van der Waals surface area contributed by atoms with Gasteiger partial charge in [-0.25, -0.2) is 0 Å². The molecule has 1 amide bonds. The maximum Gasteiger partial charge on any atom is 0.237 e. The van der Waals surface area contributed by atoms with Gasteiger partial charge in [0.2, 0.25) is 5.91 Å². The Morgan fingerprint density at radius 1 is 1.25 bits per heavy atom. The van der Waals surface area contributed by atoms with Crippen molar-refractivity contribution in [1.82, 2.24) is 19.6 Å². The quantitative estimate of drug-likeness (QED) is 0.818. The molecule has 5 nitrogen and oxygen atoms in total. The molecule has 1 aliphatic rings. The van der Waals surface area contributed by atoms with Gasteiger partial charge in [-0.3, -0.25) is 14.4 Å². The van der Waals surface area contributed by atoms with Crippen LogP contribution in [0.15, 0.2) is 48.8 Å². The number of carbonyl (C=O) groups is 1. The van der Waals surface area contributed by atoms with Gasteiger partial charge in [-0.2, -0.15) is 5.10 Å². The summed E-state index contributed by atoms with van der Waals surface area (Å²) in [6, 6.07) is 12.5. The van der Waals surface area contributed by atoms with Crippen LogP contribution in [0.25, 0.3) is 0 Å². The number of hydrogen-bond acceptors (Lipinski definition) is 3. The van der Waals surface area contributed by atoms with E-state index in [1.807, 2.05) is 42.2 Å². The molecule has 24 heavy (non-hydrogen) atoms. The van der Waals surface area contributed by atoms with Gasteiger partial charge in [0.15, 0.2) is 0 Å². The molecule has 0 saturated carbocycles. The van der Waals surface area contributed by atoms with Crippen LogP contribution < -0.4 is 0 Å². The molecule has 0 unspecified atom stereocenters. The maximum atomic E-state index is 12.8. The molecule has 0 aliphatic carbocycles. The zero-order valence-corrected chi connectivity index (χ0v) is 14.3. The van der Waals surface area contributed by atoms with E-state index >= 15 is 0 Å². The number of carbonyl (C=O) groups excluding carboxylic acids is 1. The van der Waals surface area contributed by atoms with Crippen molar-refractivity contribution in [3.63, 3.8) is 0 Å². The molecule has 1 fully saturated rings. The fourth-order valence-corrected chi connectivity index (χ4v) is 3.42. The Bertz CT molecular complexity index is 626. The molecule has 5 heteroatoms. The molecule has 2 aromatic rings. The number of rotatable bonds is 6. The van der Waals surface area contributed by atoms with E-state index in [9.17, 15) is 4.79 Å². The Balaban J connectivity index is 1.57. The van der Waals surface area contributed by atoms with Crippen LogP contribution in [-0.4, -0.2) is 51.7 Å². The molecule has 3 rings (SSSR count). The highest BCUT2D eigenvalue weighted by Gasteiger charge is 2.27. The van der Waals surface area contributed by atoms with Gasteiger partial charge < -0.3 is 4.90 Å². The Morgan fingerprint density at radius 3 is 2.83 bits per heavy atom. The smallest absolute Gasteiger partial charge is 0.237 e. The average Bonchev–Trinajstić information content (AvgIpc) is 3.09. The number of likely N-dealkylation sites (N-methyl/N-ethyl adjacent to an activating group) is 1. The summed E-state index contributed by atoms with van der Waals surface area (Å²) in [6.07, 6.45) is 7.12. The Morgan fingerprint density at radius 2 is 2.08 bits per heavy atom. The van der Waals surface area contributed by atoms with Gasteiger partial charge in [0.25, 0.3) is 0 Å². The molecule has 1 aliphatic heterocycles. The summed E-state index contributed by atoms with van der Waals surface area (Å²) in [5.74, 6) is 0.227. The van der Waals surface area contributed by atoms with Crippen molar-refractivity contribution in [1.29, 1.82) is 0 Å². The fraction of sp³-hybridized carbons (Fsp3) is 0.474. The Kier molecular flexibility index (Phi) is 5.64. The van der Waals surface area contributed by atoms with E-state index in [-0.39, 0.29) is 11.9 Å². The van der Waals surface area contributed by atoms with E-state index in [2.05, 4.69) is 27.0 Å². The van der Waals surface area contributed by atoms with Crippen LogP contribution in [0.3, 0.4) is 0 Å². The Labute approximate surface area is 143 Å². The van der Waals surface area contributed by atoms with Gasteiger partial charge in [0, 0.05) is 25.5 Å². The van der Waals surface area contributed by atoms with E-state index in [4.69, 9.17) is 0 Å². The van der Waals surface area contributed by atoms with E-state index < -0.39 is 0 Å². The highest BCUT2D eigenvalue weighted by Crippen LogP contribution is 2.19. The van der Waals surface area contributed by atoms with Crippen molar-refractivity contribution in [3.05, 3.63) is 54.4 Å². The molecule has 0 radical (unpaired) electrons. The number of benzene rings is 1. The highest BCUT2D eigenvalue weighted by molar-refractivity contribution is 5.78. The van der Waals surface area contributed by atoms with Crippen molar-refractivity contribution in [2.24, 2.45) is 0 Å². The standard InChI is InChI=1S/C19H26N4O/c1-21(14-17-8-3-2-4-9-17)16-19(24)23-13-6-5-10-18(23)15-22-12-7-11-20-22/h2-4,7-9,11-12,18H,5-6,10,13-16H2,1H3/t18-/m0/s1. The largest absolute Gasteiger partial charge is 0.337 e. The van der Waals surface area contributed by atoms with Gasteiger partial charge in [-0.15, -0.1) is 0 Å². The third-order valence-corrected chi connectivity index (χ3v) is 4.60. The lowest BCUT2D eigenvalue weighted by molar-refractivity contribution is -0.136. The van der Waals surface area contributed by atoms with Crippen molar-refractivity contribution in [3.8, 4) is 0 Å². The number of nitrogens with zero attached hydrogens (tertiary/aromatic N) is 4. The first-order valence-corrected chi connectivity index (χ1v) is 8.72. The number of piperidine rings is 1. The van der Waals surface area contributed by atoms with Crippen LogP contribution in [-0.2, 0) is 17.9 Å². The zero-order valence-electron chi connectivity index (χ0n) is 14.3. The zero-order chi connectivity index (χ0) is 16.8. The van der Waals surface area contributed by atoms with Crippen LogP contribution in [0.1, 0.15) is 24.8 Å². The second-order valence-corrected chi connectivity index (χ2v) is 6.62. The molecule has 1 atom stereocenters. The van der Waals surface area contributed by atoms with Crippen molar-refractivity contribution in [2.45, 2.75) is 38.4 Å². The number of hydrogen-bond donors (Lipinski definition) is 0. The third kappa shape index (κ3) is 4.45. The molecule has 1 saturated heterocycles. The van der Waals surface area contributed by atoms with Gasteiger partial charge in [-0.1, -0.05) is 30.3 Å². The van der Waals surface area contributed by atoms with Crippen LogP contribution in [0.5, 0.6) is 0 Å². The van der Waals surface area contributed by atoms with Gasteiger partial charge in [0.05, 0.1) is 19.1 Å². The molecular formula is C19H26N4O. The molecule has 0 N–H and O–H groups in total. The summed E-state index contributed by atoms with van der Waals surface area (Å²) >= 11 is 0.